The topological polar surface area (TPSA) is 93.0 Å². The third-order valence-corrected chi connectivity index (χ3v) is 3.72. The highest BCUT2D eigenvalue weighted by Crippen LogP contribution is 2.33. The summed E-state index contributed by atoms with van der Waals surface area (Å²) in [4.78, 5) is 18.7. The maximum atomic E-state index is 14.0. The Kier molecular flexibility index (Phi) is 4.85. The Morgan fingerprint density at radius 1 is 1.04 bits per heavy atom. The number of nitrogens with one attached hydrogen (secondary N) is 2. The van der Waals surface area contributed by atoms with Gasteiger partial charge in [0, 0.05) is 10.2 Å². The number of hydrogen-bond acceptors (Lipinski definition) is 6. The molecule has 2 aromatic carbocycles. The van der Waals surface area contributed by atoms with Gasteiger partial charge in [0.15, 0.2) is 0 Å². The molecule has 0 saturated carbocycles. The molecular weight excluding hydrogens is 393 g/mol. The second-order valence-electron chi connectivity index (χ2n) is 4.92. The van der Waals surface area contributed by atoms with E-state index in [9.17, 15) is 14.5 Å². The fraction of sp³-hybridized carbons (Fsp3) is 0. The quantitative estimate of drug-likeness (QED) is 0.470. The van der Waals surface area contributed by atoms with Gasteiger partial charge in [-0.3, -0.25) is 10.1 Å². The van der Waals surface area contributed by atoms with Crippen LogP contribution < -0.4 is 10.6 Å². The monoisotopic (exact) mass is 403 g/mol. The molecule has 0 spiro atoms. The van der Waals surface area contributed by atoms with Gasteiger partial charge in [-0.05, 0) is 30.3 Å². The van der Waals surface area contributed by atoms with Crippen LogP contribution in [0.15, 0.2) is 59.3 Å². The third-order valence-electron chi connectivity index (χ3n) is 3.23. The van der Waals surface area contributed by atoms with Crippen molar-refractivity contribution < 1.29 is 9.31 Å². The van der Waals surface area contributed by atoms with Gasteiger partial charge in [0.1, 0.15) is 12.1 Å². The van der Waals surface area contributed by atoms with Crippen molar-refractivity contribution in [2.24, 2.45) is 0 Å². The van der Waals surface area contributed by atoms with Crippen molar-refractivity contribution in [2.75, 3.05) is 10.6 Å². The summed E-state index contributed by atoms with van der Waals surface area (Å²) in [6, 6.07) is 13.2. The first kappa shape index (κ1) is 16.8. The van der Waals surface area contributed by atoms with Gasteiger partial charge in [-0.25, -0.2) is 14.4 Å². The molecule has 3 aromatic rings. The van der Waals surface area contributed by atoms with Crippen molar-refractivity contribution in [1.82, 2.24) is 9.97 Å². The van der Waals surface area contributed by atoms with Crippen molar-refractivity contribution in [1.29, 1.82) is 0 Å². The maximum Gasteiger partial charge on any atom is 0.353 e. The smallest absolute Gasteiger partial charge is 0.334 e. The predicted octanol–water partition coefficient (Wildman–Crippen LogP) is 4.77. The van der Waals surface area contributed by atoms with Crippen LogP contribution in [0.2, 0.25) is 0 Å². The molecule has 7 nitrogen and oxygen atoms in total. The van der Waals surface area contributed by atoms with Crippen molar-refractivity contribution >= 4 is 44.6 Å². The lowest BCUT2D eigenvalue weighted by atomic mass is 10.3. The summed E-state index contributed by atoms with van der Waals surface area (Å²) >= 11 is 3.16. The second-order valence-corrected chi connectivity index (χ2v) is 5.83. The maximum absolute atomic E-state index is 14.0. The van der Waals surface area contributed by atoms with Crippen LogP contribution in [0.25, 0.3) is 0 Å². The summed E-state index contributed by atoms with van der Waals surface area (Å²) in [6.07, 6.45) is 1.16. The molecule has 2 N–H and O–H groups in total. The summed E-state index contributed by atoms with van der Waals surface area (Å²) in [5.41, 5.74) is 0.314. The average Bonchev–Trinajstić information content (AvgIpc) is 2.58. The lowest BCUT2D eigenvalue weighted by Gasteiger charge is -2.10. The van der Waals surface area contributed by atoms with E-state index < -0.39 is 10.7 Å². The molecule has 1 aromatic heterocycles. The number of hydrogen-bond donors (Lipinski definition) is 2. The first-order chi connectivity index (χ1) is 12.0. The molecule has 0 aliphatic heterocycles. The molecule has 0 atom stereocenters. The van der Waals surface area contributed by atoms with Gasteiger partial charge in [0.05, 0.1) is 10.6 Å². The van der Waals surface area contributed by atoms with Gasteiger partial charge in [-0.15, -0.1) is 0 Å². The van der Waals surface area contributed by atoms with Crippen LogP contribution in [-0.2, 0) is 0 Å². The van der Waals surface area contributed by atoms with E-state index >= 15 is 0 Å². The molecular formula is C16H11BrFN5O2. The van der Waals surface area contributed by atoms with Gasteiger partial charge < -0.3 is 10.6 Å². The molecule has 0 bridgehead atoms. The van der Waals surface area contributed by atoms with Crippen LogP contribution in [0.4, 0.5) is 33.1 Å². The van der Waals surface area contributed by atoms with E-state index in [4.69, 9.17) is 0 Å². The average molecular weight is 404 g/mol. The van der Waals surface area contributed by atoms with Gasteiger partial charge in [0.2, 0.25) is 11.6 Å². The number of para-hydroxylation sites is 1. The summed E-state index contributed by atoms with van der Waals surface area (Å²) in [6.45, 7) is 0. The van der Waals surface area contributed by atoms with Crippen LogP contribution >= 0.6 is 15.9 Å². The number of aromatic nitrogens is 2. The lowest BCUT2D eigenvalue weighted by Crippen LogP contribution is -2.06. The first-order valence-electron chi connectivity index (χ1n) is 7.08. The predicted molar refractivity (Wildman–Crippen MR) is 95.8 cm³/mol. The molecule has 25 heavy (non-hydrogen) atoms. The molecule has 0 unspecified atom stereocenters. The standard InChI is InChI=1S/C16H11BrFN5O2/c17-10-6-7-13(12(18)8-10)22-16-14(23(24)25)15(19-9-20-16)21-11-4-2-1-3-5-11/h1-9H,(H2,19,20,21,22). The van der Waals surface area contributed by atoms with Crippen LogP contribution in [0.3, 0.4) is 0 Å². The Hall–Kier alpha value is -3.07. The molecule has 0 radical (unpaired) electrons. The van der Waals surface area contributed by atoms with Crippen molar-refractivity contribution in [3.63, 3.8) is 0 Å². The molecule has 126 valence electrons. The van der Waals surface area contributed by atoms with Gasteiger partial charge in [-0.1, -0.05) is 34.1 Å². The highest BCUT2D eigenvalue weighted by atomic mass is 79.9. The Morgan fingerprint density at radius 2 is 1.72 bits per heavy atom. The van der Waals surface area contributed by atoms with E-state index in [0.29, 0.717) is 10.2 Å². The minimum Gasteiger partial charge on any atom is -0.334 e. The SMILES string of the molecule is O=[N+]([O-])c1c(Nc2ccccc2)ncnc1Nc1ccc(Br)cc1F. The Bertz CT molecular complexity index is 924. The Labute approximate surface area is 150 Å². The second kappa shape index (κ2) is 7.22. The minimum absolute atomic E-state index is 0.00576. The highest BCUT2D eigenvalue weighted by molar-refractivity contribution is 9.10. The Balaban J connectivity index is 1.99. The van der Waals surface area contributed by atoms with Gasteiger partial charge in [-0.2, -0.15) is 0 Å². The molecule has 0 amide bonds. The number of nitro groups is 1. The summed E-state index contributed by atoms with van der Waals surface area (Å²) in [5.74, 6) is -0.675. The molecule has 0 saturated heterocycles. The van der Waals surface area contributed by atoms with E-state index in [0.717, 1.165) is 6.33 Å². The van der Waals surface area contributed by atoms with Crippen molar-refractivity contribution in [3.8, 4) is 0 Å². The summed E-state index contributed by atoms with van der Waals surface area (Å²) < 4.78 is 14.5. The largest absolute Gasteiger partial charge is 0.353 e. The summed E-state index contributed by atoms with van der Waals surface area (Å²) in [7, 11) is 0. The molecule has 0 aliphatic rings. The number of rotatable bonds is 5. The van der Waals surface area contributed by atoms with Crippen LogP contribution in [0, 0.1) is 15.9 Å². The lowest BCUT2D eigenvalue weighted by molar-refractivity contribution is -0.383. The van der Waals surface area contributed by atoms with Gasteiger partial charge in [0.25, 0.3) is 0 Å². The van der Waals surface area contributed by atoms with E-state index in [1.165, 1.54) is 12.1 Å². The molecule has 1 heterocycles. The first-order valence-corrected chi connectivity index (χ1v) is 7.87. The van der Waals surface area contributed by atoms with Crippen molar-refractivity contribution in [3.05, 3.63) is 75.3 Å². The molecule has 9 heteroatoms. The number of nitrogens with zero attached hydrogens (tertiary/aromatic N) is 3. The number of anilines is 4. The van der Waals surface area contributed by atoms with E-state index in [1.807, 2.05) is 6.07 Å². The zero-order valence-corrected chi connectivity index (χ0v) is 14.2. The van der Waals surface area contributed by atoms with E-state index in [2.05, 4.69) is 36.5 Å². The van der Waals surface area contributed by atoms with Crippen LogP contribution in [0.5, 0.6) is 0 Å². The zero-order valence-electron chi connectivity index (χ0n) is 12.6. The van der Waals surface area contributed by atoms with Crippen LogP contribution in [0.1, 0.15) is 0 Å². The summed E-state index contributed by atoms with van der Waals surface area (Å²) in [5, 5.41) is 17.0. The molecule has 0 aliphatic carbocycles. The number of benzene rings is 2. The minimum atomic E-state index is -0.621. The zero-order chi connectivity index (χ0) is 17.8. The third kappa shape index (κ3) is 3.89. The van der Waals surface area contributed by atoms with Crippen LogP contribution in [-0.4, -0.2) is 14.9 Å². The fourth-order valence-corrected chi connectivity index (χ4v) is 2.44. The van der Waals surface area contributed by atoms with Crippen molar-refractivity contribution in [2.45, 2.75) is 0 Å². The Morgan fingerprint density at radius 3 is 2.36 bits per heavy atom. The fourth-order valence-electron chi connectivity index (χ4n) is 2.11. The van der Waals surface area contributed by atoms with E-state index in [-0.39, 0.29) is 23.0 Å². The highest BCUT2D eigenvalue weighted by Gasteiger charge is 2.24. The molecule has 0 fully saturated rings. The van der Waals surface area contributed by atoms with E-state index in [1.54, 1.807) is 30.3 Å². The number of halogens is 2. The normalized spacial score (nSPS) is 10.3. The van der Waals surface area contributed by atoms with Gasteiger partial charge >= 0.3 is 5.69 Å². The molecule has 3 rings (SSSR count).